The Morgan fingerprint density at radius 3 is 2.86 bits per heavy atom. The average molecular weight is 189 g/mol. The van der Waals surface area contributed by atoms with E-state index < -0.39 is 0 Å². The summed E-state index contributed by atoms with van der Waals surface area (Å²) >= 11 is 0. The third-order valence-corrected chi connectivity index (χ3v) is 2.33. The van der Waals surface area contributed by atoms with E-state index in [0.717, 1.165) is 18.6 Å². The lowest BCUT2D eigenvalue weighted by Gasteiger charge is -2.08. The van der Waals surface area contributed by atoms with Crippen LogP contribution in [0, 0.1) is 13.5 Å². The lowest BCUT2D eigenvalue weighted by Crippen LogP contribution is -1.94. The molecule has 1 rings (SSSR count). The van der Waals surface area contributed by atoms with Crippen LogP contribution in [0.5, 0.6) is 5.75 Å². The van der Waals surface area contributed by atoms with Crippen molar-refractivity contribution in [3.05, 3.63) is 40.7 Å². The van der Waals surface area contributed by atoms with Gasteiger partial charge in [0.25, 0.3) is 0 Å². The van der Waals surface area contributed by atoms with E-state index in [2.05, 4.69) is 17.8 Å². The second kappa shape index (κ2) is 5.29. The summed E-state index contributed by atoms with van der Waals surface area (Å²) in [6.07, 6.45) is 1.89. The zero-order chi connectivity index (χ0) is 10.4. The highest BCUT2D eigenvalue weighted by Gasteiger charge is 2.03. The number of methoxy groups -OCH3 is 1. The minimum Gasteiger partial charge on any atom is -0.496 e. The average Bonchev–Trinajstić information content (AvgIpc) is 2.21. The van der Waals surface area contributed by atoms with Crippen molar-refractivity contribution >= 4 is 0 Å². The smallest absolute Gasteiger partial charge is 0.215 e. The van der Waals surface area contributed by atoms with Gasteiger partial charge in [-0.05, 0) is 30.5 Å². The number of hydrogen-bond donors (Lipinski definition) is 0. The van der Waals surface area contributed by atoms with E-state index in [-0.39, 0.29) is 0 Å². The molecule has 0 heterocycles. The molecule has 0 saturated carbocycles. The van der Waals surface area contributed by atoms with Crippen molar-refractivity contribution in [1.29, 1.82) is 0 Å². The summed E-state index contributed by atoms with van der Waals surface area (Å²) in [4.78, 5) is 3.34. The molecule has 0 unspecified atom stereocenters. The van der Waals surface area contributed by atoms with Crippen LogP contribution in [-0.4, -0.2) is 13.7 Å². The number of rotatable bonds is 4. The summed E-state index contributed by atoms with van der Waals surface area (Å²) in [5.74, 6) is 0.935. The molecule has 0 atom stereocenters. The molecular formula is C12H15NO. The van der Waals surface area contributed by atoms with Gasteiger partial charge in [-0.25, -0.2) is 6.57 Å². The summed E-state index contributed by atoms with van der Waals surface area (Å²) < 4.78 is 5.23. The van der Waals surface area contributed by atoms with Gasteiger partial charge in [0.15, 0.2) is 0 Å². The van der Waals surface area contributed by atoms with E-state index in [1.54, 1.807) is 7.11 Å². The van der Waals surface area contributed by atoms with Crippen molar-refractivity contribution in [2.75, 3.05) is 13.7 Å². The normalized spacial score (nSPS) is 9.50. The van der Waals surface area contributed by atoms with E-state index in [1.807, 2.05) is 12.1 Å². The van der Waals surface area contributed by atoms with Gasteiger partial charge in [-0.3, -0.25) is 0 Å². The van der Waals surface area contributed by atoms with Gasteiger partial charge in [0, 0.05) is 6.42 Å². The quantitative estimate of drug-likeness (QED) is 0.524. The van der Waals surface area contributed by atoms with Crippen molar-refractivity contribution in [2.45, 2.75) is 19.8 Å². The van der Waals surface area contributed by atoms with Crippen LogP contribution in [0.2, 0.25) is 0 Å². The molecule has 0 aliphatic rings. The predicted octanol–water partition coefficient (Wildman–Crippen LogP) is 2.86. The standard InChI is InChI=1S/C12H15NO/c1-10-11(7-5-9-13-2)6-4-8-12(10)14-3/h4,6,8H,5,7,9H2,1,3H3. The first-order valence-corrected chi connectivity index (χ1v) is 4.75. The zero-order valence-electron chi connectivity index (χ0n) is 8.71. The Kier molecular flexibility index (Phi) is 4.00. The Bertz CT molecular complexity index is 339. The Morgan fingerprint density at radius 1 is 1.43 bits per heavy atom. The van der Waals surface area contributed by atoms with Crippen molar-refractivity contribution in [3.8, 4) is 5.75 Å². The van der Waals surface area contributed by atoms with Crippen molar-refractivity contribution in [3.63, 3.8) is 0 Å². The SMILES string of the molecule is [C-]#[N+]CCCc1cccc(OC)c1C. The van der Waals surface area contributed by atoms with E-state index in [4.69, 9.17) is 11.3 Å². The summed E-state index contributed by atoms with van der Waals surface area (Å²) in [6.45, 7) is 9.37. The highest BCUT2D eigenvalue weighted by atomic mass is 16.5. The fraction of sp³-hybridized carbons (Fsp3) is 0.417. The third-order valence-electron chi connectivity index (χ3n) is 2.33. The molecule has 2 nitrogen and oxygen atoms in total. The maximum Gasteiger partial charge on any atom is 0.215 e. The maximum absolute atomic E-state index is 6.70. The van der Waals surface area contributed by atoms with Crippen LogP contribution in [0.15, 0.2) is 18.2 Å². The van der Waals surface area contributed by atoms with Crippen LogP contribution in [0.1, 0.15) is 17.5 Å². The largest absolute Gasteiger partial charge is 0.496 e. The minimum atomic E-state index is 0.608. The number of hydrogen-bond acceptors (Lipinski definition) is 1. The molecule has 1 aromatic rings. The van der Waals surface area contributed by atoms with Crippen LogP contribution in [0.3, 0.4) is 0 Å². The fourth-order valence-electron chi connectivity index (χ4n) is 1.50. The van der Waals surface area contributed by atoms with Gasteiger partial charge in [-0.1, -0.05) is 12.1 Å². The molecule has 0 spiro atoms. The number of aryl methyl sites for hydroxylation is 1. The second-order valence-corrected chi connectivity index (χ2v) is 3.23. The highest BCUT2D eigenvalue weighted by molar-refractivity contribution is 5.39. The van der Waals surface area contributed by atoms with Crippen LogP contribution < -0.4 is 4.74 Å². The van der Waals surface area contributed by atoms with Gasteiger partial charge in [0.2, 0.25) is 6.54 Å². The lowest BCUT2D eigenvalue weighted by atomic mass is 10.0. The van der Waals surface area contributed by atoms with Crippen LogP contribution in [-0.2, 0) is 6.42 Å². The van der Waals surface area contributed by atoms with Gasteiger partial charge >= 0.3 is 0 Å². The topological polar surface area (TPSA) is 13.6 Å². The zero-order valence-corrected chi connectivity index (χ0v) is 8.71. The fourth-order valence-corrected chi connectivity index (χ4v) is 1.50. The van der Waals surface area contributed by atoms with Gasteiger partial charge in [0.1, 0.15) is 5.75 Å². The van der Waals surface area contributed by atoms with Crippen molar-refractivity contribution < 1.29 is 4.74 Å². The first-order chi connectivity index (χ1) is 6.79. The Morgan fingerprint density at radius 2 is 2.21 bits per heavy atom. The molecule has 0 fully saturated rings. The molecule has 0 amide bonds. The highest BCUT2D eigenvalue weighted by Crippen LogP contribution is 2.21. The molecule has 14 heavy (non-hydrogen) atoms. The number of ether oxygens (including phenoxy) is 1. The summed E-state index contributed by atoms with van der Waals surface area (Å²) in [5.41, 5.74) is 2.48. The summed E-state index contributed by atoms with van der Waals surface area (Å²) in [6, 6.07) is 6.06. The maximum atomic E-state index is 6.70. The molecule has 0 aromatic heterocycles. The molecule has 1 aromatic carbocycles. The molecule has 0 N–H and O–H groups in total. The molecule has 0 saturated heterocycles. The van der Waals surface area contributed by atoms with E-state index in [1.165, 1.54) is 11.1 Å². The molecule has 0 bridgehead atoms. The molecule has 0 aliphatic heterocycles. The van der Waals surface area contributed by atoms with Gasteiger partial charge in [-0.2, -0.15) is 0 Å². The summed E-state index contributed by atoms with van der Waals surface area (Å²) in [7, 11) is 1.69. The molecule has 0 aliphatic carbocycles. The Labute approximate surface area is 85.3 Å². The number of nitrogens with zero attached hydrogens (tertiary/aromatic N) is 1. The Balaban J connectivity index is 2.72. The van der Waals surface area contributed by atoms with Gasteiger partial charge < -0.3 is 9.58 Å². The van der Waals surface area contributed by atoms with E-state index >= 15 is 0 Å². The first kappa shape index (κ1) is 10.6. The van der Waals surface area contributed by atoms with Crippen molar-refractivity contribution in [2.24, 2.45) is 0 Å². The van der Waals surface area contributed by atoms with Crippen LogP contribution in [0.25, 0.3) is 4.85 Å². The number of benzene rings is 1. The summed E-state index contributed by atoms with van der Waals surface area (Å²) in [5, 5.41) is 0. The van der Waals surface area contributed by atoms with Crippen LogP contribution >= 0.6 is 0 Å². The van der Waals surface area contributed by atoms with Gasteiger partial charge in [-0.15, -0.1) is 0 Å². The Hall–Kier alpha value is -1.49. The van der Waals surface area contributed by atoms with E-state index in [9.17, 15) is 0 Å². The minimum absolute atomic E-state index is 0.608. The first-order valence-electron chi connectivity index (χ1n) is 4.75. The lowest BCUT2D eigenvalue weighted by molar-refractivity contribution is 0.411. The molecule has 0 radical (unpaired) electrons. The van der Waals surface area contributed by atoms with Crippen LogP contribution in [0.4, 0.5) is 0 Å². The third kappa shape index (κ3) is 2.50. The van der Waals surface area contributed by atoms with E-state index in [0.29, 0.717) is 6.54 Å². The predicted molar refractivity (Wildman–Crippen MR) is 57.5 cm³/mol. The molecular weight excluding hydrogens is 174 g/mol. The van der Waals surface area contributed by atoms with Gasteiger partial charge in [0.05, 0.1) is 7.11 Å². The second-order valence-electron chi connectivity index (χ2n) is 3.23. The molecule has 74 valence electrons. The molecule has 2 heteroatoms. The monoisotopic (exact) mass is 189 g/mol. The van der Waals surface area contributed by atoms with Crippen molar-refractivity contribution in [1.82, 2.24) is 0 Å².